The normalized spacial score (nSPS) is 29.4. The van der Waals surface area contributed by atoms with Gasteiger partial charge < -0.3 is 15.0 Å². The van der Waals surface area contributed by atoms with Gasteiger partial charge >= 0.3 is 6.03 Å². The monoisotopic (exact) mass is 240 g/mol. The second-order valence-electron chi connectivity index (χ2n) is 5.44. The summed E-state index contributed by atoms with van der Waals surface area (Å²) in [5.41, 5.74) is 0. The summed E-state index contributed by atoms with van der Waals surface area (Å²) in [6.45, 7) is 6.60. The number of carbonyl (C=O) groups excluding carboxylic acids is 1. The van der Waals surface area contributed by atoms with Crippen molar-refractivity contribution in [2.24, 2.45) is 11.8 Å². The number of piperidine rings is 1. The second-order valence-corrected chi connectivity index (χ2v) is 5.44. The number of nitrogens with one attached hydrogen (secondary N) is 1. The molecule has 2 heterocycles. The number of ether oxygens (including phenoxy) is 1. The van der Waals surface area contributed by atoms with Crippen molar-refractivity contribution in [2.75, 3.05) is 32.8 Å². The number of urea groups is 1. The number of nitrogens with zero attached hydrogens (tertiary/aromatic N) is 1. The van der Waals surface area contributed by atoms with E-state index in [-0.39, 0.29) is 6.03 Å². The Labute approximate surface area is 104 Å². The van der Waals surface area contributed by atoms with Crippen molar-refractivity contribution in [3.63, 3.8) is 0 Å². The first-order valence-corrected chi connectivity index (χ1v) is 6.86. The molecular formula is C13H24N2O2. The number of rotatable bonds is 3. The zero-order valence-electron chi connectivity index (χ0n) is 10.8. The van der Waals surface area contributed by atoms with Gasteiger partial charge in [-0.05, 0) is 37.5 Å². The van der Waals surface area contributed by atoms with Gasteiger partial charge in [-0.25, -0.2) is 4.79 Å². The SMILES string of the molecule is CC1CCCN(C(=O)NCCC2CCOC2)C1. The van der Waals surface area contributed by atoms with Crippen molar-refractivity contribution in [1.29, 1.82) is 0 Å². The van der Waals surface area contributed by atoms with Crippen LogP contribution in [0.4, 0.5) is 4.79 Å². The Bertz CT molecular complexity index is 252. The topological polar surface area (TPSA) is 41.6 Å². The van der Waals surface area contributed by atoms with Crippen LogP contribution in [-0.4, -0.2) is 43.8 Å². The van der Waals surface area contributed by atoms with Crippen LogP contribution >= 0.6 is 0 Å². The molecule has 2 amide bonds. The molecule has 2 saturated heterocycles. The molecular weight excluding hydrogens is 216 g/mol. The smallest absolute Gasteiger partial charge is 0.317 e. The third-order valence-corrected chi connectivity index (χ3v) is 3.80. The van der Waals surface area contributed by atoms with E-state index in [0.29, 0.717) is 11.8 Å². The maximum Gasteiger partial charge on any atom is 0.317 e. The molecule has 4 nitrogen and oxygen atoms in total. The molecule has 0 bridgehead atoms. The Morgan fingerprint density at radius 1 is 1.47 bits per heavy atom. The van der Waals surface area contributed by atoms with Crippen LogP contribution in [-0.2, 0) is 4.74 Å². The van der Waals surface area contributed by atoms with Gasteiger partial charge in [0.2, 0.25) is 0 Å². The fourth-order valence-electron chi connectivity index (χ4n) is 2.68. The van der Waals surface area contributed by atoms with E-state index in [1.54, 1.807) is 0 Å². The Hall–Kier alpha value is -0.770. The molecule has 17 heavy (non-hydrogen) atoms. The minimum Gasteiger partial charge on any atom is -0.381 e. The van der Waals surface area contributed by atoms with Gasteiger partial charge in [-0.1, -0.05) is 6.92 Å². The third kappa shape index (κ3) is 3.87. The van der Waals surface area contributed by atoms with Gasteiger partial charge in [0.25, 0.3) is 0 Å². The average Bonchev–Trinajstić information content (AvgIpc) is 2.82. The van der Waals surface area contributed by atoms with Crippen LogP contribution < -0.4 is 5.32 Å². The highest BCUT2D eigenvalue weighted by Gasteiger charge is 2.21. The van der Waals surface area contributed by atoms with Gasteiger partial charge in [0, 0.05) is 32.8 Å². The lowest BCUT2D eigenvalue weighted by Gasteiger charge is -2.31. The van der Waals surface area contributed by atoms with Crippen molar-refractivity contribution in [2.45, 2.75) is 32.6 Å². The molecule has 2 rings (SSSR count). The molecule has 0 spiro atoms. The molecule has 2 aliphatic heterocycles. The number of likely N-dealkylation sites (tertiary alicyclic amines) is 1. The first kappa shape index (κ1) is 12.7. The number of hydrogen-bond acceptors (Lipinski definition) is 2. The van der Waals surface area contributed by atoms with Crippen LogP contribution in [0.2, 0.25) is 0 Å². The highest BCUT2D eigenvalue weighted by atomic mass is 16.5. The lowest BCUT2D eigenvalue weighted by molar-refractivity contribution is 0.167. The van der Waals surface area contributed by atoms with Crippen molar-refractivity contribution < 1.29 is 9.53 Å². The number of amides is 2. The summed E-state index contributed by atoms with van der Waals surface area (Å²) in [6, 6.07) is 0.121. The summed E-state index contributed by atoms with van der Waals surface area (Å²) in [5.74, 6) is 1.30. The van der Waals surface area contributed by atoms with Gasteiger partial charge in [-0.2, -0.15) is 0 Å². The van der Waals surface area contributed by atoms with E-state index >= 15 is 0 Å². The Morgan fingerprint density at radius 2 is 2.35 bits per heavy atom. The maximum atomic E-state index is 11.9. The minimum atomic E-state index is 0.121. The fourth-order valence-corrected chi connectivity index (χ4v) is 2.68. The van der Waals surface area contributed by atoms with Crippen LogP contribution in [0.5, 0.6) is 0 Å². The van der Waals surface area contributed by atoms with Crippen LogP contribution in [0.3, 0.4) is 0 Å². The lowest BCUT2D eigenvalue weighted by Crippen LogP contribution is -2.45. The highest BCUT2D eigenvalue weighted by molar-refractivity contribution is 5.74. The van der Waals surface area contributed by atoms with Gasteiger partial charge in [-0.15, -0.1) is 0 Å². The van der Waals surface area contributed by atoms with E-state index in [1.807, 2.05) is 4.90 Å². The molecule has 0 aromatic rings. The van der Waals surface area contributed by atoms with Crippen LogP contribution in [0, 0.1) is 11.8 Å². The van der Waals surface area contributed by atoms with Crippen molar-refractivity contribution in [1.82, 2.24) is 10.2 Å². The molecule has 2 fully saturated rings. The average molecular weight is 240 g/mol. The molecule has 2 aliphatic rings. The summed E-state index contributed by atoms with van der Waals surface area (Å²) in [5, 5.41) is 3.03. The molecule has 4 heteroatoms. The van der Waals surface area contributed by atoms with Crippen molar-refractivity contribution >= 4 is 6.03 Å². The molecule has 0 aromatic heterocycles. The first-order chi connectivity index (χ1) is 8.25. The highest BCUT2D eigenvalue weighted by Crippen LogP contribution is 2.16. The molecule has 0 aliphatic carbocycles. The third-order valence-electron chi connectivity index (χ3n) is 3.80. The Balaban J connectivity index is 1.62. The summed E-state index contributed by atoms with van der Waals surface area (Å²) in [7, 11) is 0. The molecule has 0 saturated carbocycles. The summed E-state index contributed by atoms with van der Waals surface area (Å²) < 4.78 is 5.32. The summed E-state index contributed by atoms with van der Waals surface area (Å²) >= 11 is 0. The molecule has 98 valence electrons. The van der Waals surface area contributed by atoms with Gasteiger partial charge in [-0.3, -0.25) is 0 Å². The summed E-state index contributed by atoms with van der Waals surface area (Å²) in [6.07, 6.45) is 4.60. The molecule has 2 unspecified atom stereocenters. The van der Waals surface area contributed by atoms with E-state index in [2.05, 4.69) is 12.2 Å². The molecule has 0 radical (unpaired) electrons. The van der Waals surface area contributed by atoms with E-state index in [9.17, 15) is 4.79 Å². The van der Waals surface area contributed by atoms with Gasteiger partial charge in [0.15, 0.2) is 0 Å². The Morgan fingerprint density at radius 3 is 3.06 bits per heavy atom. The van der Waals surface area contributed by atoms with Crippen molar-refractivity contribution in [3.8, 4) is 0 Å². The van der Waals surface area contributed by atoms with E-state index in [4.69, 9.17) is 4.74 Å². The fraction of sp³-hybridized carbons (Fsp3) is 0.923. The van der Waals surface area contributed by atoms with Crippen LogP contribution in [0.1, 0.15) is 32.6 Å². The second kappa shape index (κ2) is 6.24. The minimum absolute atomic E-state index is 0.121. The largest absolute Gasteiger partial charge is 0.381 e. The standard InChI is InChI=1S/C13H24N2O2/c1-11-3-2-7-15(9-11)13(16)14-6-4-12-5-8-17-10-12/h11-12H,2-10H2,1H3,(H,14,16). The quantitative estimate of drug-likeness (QED) is 0.818. The van der Waals surface area contributed by atoms with E-state index in [0.717, 1.165) is 52.1 Å². The van der Waals surface area contributed by atoms with Crippen LogP contribution in [0.15, 0.2) is 0 Å². The lowest BCUT2D eigenvalue weighted by atomic mass is 10.0. The predicted octanol–water partition coefficient (Wildman–Crippen LogP) is 1.85. The number of carbonyl (C=O) groups is 1. The van der Waals surface area contributed by atoms with E-state index in [1.165, 1.54) is 6.42 Å². The molecule has 0 aromatic carbocycles. The number of hydrogen-bond donors (Lipinski definition) is 1. The van der Waals surface area contributed by atoms with Crippen LogP contribution in [0.25, 0.3) is 0 Å². The molecule has 2 atom stereocenters. The van der Waals surface area contributed by atoms with Gasteiger partial charge in [0.05, 0.1) is 0 Å². The zero-order chi connectivity index (χ0) is 12.1. The van der Waals surface area contributed by atoms with Crippen molar-refractivity contribution in [3.05, 3.63) is 0 Å². The van der Waals surface area contributed by atoms with E-state index < -0.39 is 0 Å². The maximum absolute atomic E-state index is 11.9. The summed E-state index contributed by atoms with van der Waals surface area (Å²) in [4.78, 5) is 13.9. The predicted molar refractivity (Wildman–Crippen MR) is 66.9 cm³/mol. The first-order valence-electron chi connectivity index (χ1n) is 6.86. The molecule has 1 N–H and O–H groups in total. The van der Waals surface area contributed by atoms with Gasteiger partial charge in [0.1, 0.15) is 0 Å². The Kier molecular flexibility index (Phi) is 4.66. The zero-order valence-corrected chi connectivity index (χ0v) is 10.8.